The van der Waals surface area contributed by atoms with Crippen LogP contribution in [-0.4, -0.2) is 35.0 Å². The number of carbonyl (C=O) groups is 2. The third-order valence-electron chi connectivity index (χ3n) is 3.20. The smallest absolute Gasteiger partial charge is 0.308 e. The van der Waals surface area contributed by atoms with Gasteiger partial charge < -0.3 is 10.0 Å². The lowest BCUT2D eigenvalue weighted by Gasteiger charge is -2.21. The summed E-state index contributed by atoms with van der Waals surface area (Å²) in [5, 5.41) is 8.90. The van der Waals surface area contributed by atoms with Crippen molar-refractivity contribution in [1.82, 2.24) is 4.90 Å². The number of nitrogens with zero attached hydrogens (tertiary/aromatic N) is 1. The quantitative estimate of drug-likeness (QED) is 0.812. The minimum Gasteiger partial charge on any atom is -0.481 e. The molecule has 0 saturated carbocycles. The van der Waals surface area contributed by atoms with Crippen LogP contribution in [0.4, 0.5) is 0 Å². The summed E-state index contributed by atoms with van der Waals surface area (Å²) in [7, 11) is 0. The Morgan fingerprint density at radius 2 is 2.00 bits per heavy atom. The van der Waals surface area contributed by atoms with E-state index in [2.05, 4.69) is 0 Å². The molecule has 1 N–H and O–H groups in total. The van der Waals surface area contributed by atoms with Gasteiger partial charge >= 0.3 is 5.97 Å². The molecule has 0 heterocycles. The van der Waals surface area contributed by atoms with Crippen LogP contribution in [0.2, 0.25) is 0 Å². The molecular formula is C16H21NO3. The van der Waals surface area contributed by atoms with Gasteiger partial charge in [0.25, 0.3) is 0 Å². The van der Waals surface area contributed by atoms with Crippen molar-refractivity contribution in [1.29, 1.82) is 0 Å². The molecule has 1 aromatic rings. The summed E-state index contributed by atoms with van der Waals surface area (Å²) in [6.45, 7) is 6.14. The van der Waals surface area contributed by atoms with E-state index in [4.69, 9.17) is 5.11 Å². The zero-order valence-corrected chi connectivity index (χ0v) is 12.2. The summed E-state index contributed by atoms with van der Waals surface area (Å²) >= 11 is 0. The molecule has 4 nitrogen and oxygen atoms in total. The predicted octanol–water partition coefficient (Wildman–Crippen LogP) is 2.58. The molecule has 0 aliphatic heterocycles. The first-order valence-corrected chi connectivity index (χ1v) is 6.71. The zero-order valence-electron chi connectivity index (χ0n) is 12.2. The van der Waals surface area contributed by atoms with Crippen LogP contribution in [0.3, 0.4) is 0 Å². The normalized spacial score (nSPS) is 12.3. The highest BCUT2D eigenvalue weighted by molar-refractivity contribution is 5.92. The van der Waals surface area contributed by atoms with Crippen molar-refractivity contribution in [3.05, 3.63) is 41.5 Å². The first-order valence-electron chi connectivity index (χ1n) is 6.71. The minimum atomic E-state index is -0.890. The molecule has 1 amide bonds. The molecule has 1 aromatic carbocycles. The van der Waals surface area contributed by atoms with Gasteiger partial charge in [0.1, 0.15) is 0 Å². The van der Waals surface area contributed by atoms with Crippen molar-refractivity contribution in [2.75, 3.05) is 13.1 Å². The van der Waals surface area contributed by atoms with E-state index >= 15 is 0 Å². The third kappa shape index (κ3) is 4.53. The minimum absolute atomic E-state index is 0.163. The molecule has 0 aromatic heterocycles. The third-order valence-corrected chi connectivity index (χ3v) is 3.20. The molecule has 0 spiro atoms. The van der Waals surface area contributed by atoms with Crippen molar-refractivity contribution in [3.8, 4) is 0 Å². The Kier molecular flexibility index (Phi) is 5.97. The number of carboxylic acid groups (broad SMARTS) is 1. The maximum atomic E-state index is 12.1. The fourth-order valence-corrected chi connectivity index (χ4v) is 1.82. The van der Waals surface area contributed by atoms with Crippen LogP contribution in [0, 0.1) is 12.8 Å². The molecule has 0 radical (unpaired) electrons. The van der Waals surface area contributed by atoms with Gasteiger partial charge in [-0.05, 0) is 31.1 Å². The molecule has 1 atom stereocenters. The number of aliphatic carboxylic acids is 1. The van der Waals surface area contributed by atoms with Crippen LogP contribution in [0.15, 0.2) is 30.3 Å². The number of amides is 1. The Labute approximate surface area is 119 Å². The number of likely N-dealkylation sites (N-methyl/N-ethyl adjacent to an activating group) is 1. The highest BCUT2D eigenvalue weighted by atomic mass is 16.4. The second kappa shape index (κ2) is 7.48. The molecule has 0 fully saturated rings. The summed E-state index contributed by atoms with van der Waals surface area (Å²) in [5.74, 6) is -1.62. The molecule has 108 valence electrons. The molecular weight excluding hydrogens is 254 g/mol. The van der Waals surface area contributed by atoms with Gasteiger partial charge in [0.15, 0.2) is 0 Å². The molecule has 4 heteroatoms. The number of carboxylic acids is 1. The maximum Gasteiger partial charge on any atom is 0.308 e. The van der Waals surface area contributed by atoms with E-state index in [1.165, 1.54) is 11.0 Å². The fraction of sp³-hybridized carbons (Fsp3) is 0.375. The highest BCUT2D eigenvalue weighted by Crippen LogP contribution is 2.09. The summed E-state index contributed by atoms with van der Waals surface area (Å²) in [4.78, 5) is 24.4. The number of aryl methyl sites for hydroxylation is 1. The molecule has 0 aliphatic rings. The van der Waals surface area contributed by atoms with E-state index in [9.17, 15) is 9.59 Å². The SMILES string of the molecule is CCN(CC(C)C(=O)O)C(=O)C=Cc1ccccc1C. The van der Waals surface area contributed by atoms with Crippen LogP contribution >= 0.6 is 0 Å². The standard InChI is InChI=1S/C16H21NO3/c1-4-17(11-13(3)16(19)20)15(18)10-9-14-8-6-5-7-12(14)2/h5-10,13H,4,11H2,1-3H3,(H,19,20). The van der Waals surface area contributed by atoms with E-state index < -0.39 is 11.9 Å². The fourth-order valence-electron chi connectivity index (χ4n) is 1.82. The maximum absolute atomic E-state index is 12.1. The topological polar surface area (TPSA) is 57.6 Å². The largest absolute Gasteiger partial charge is 0.481 e. The Morgan fingerprint density at radius 3 is 2.55 bits per heavy atom. The van der Waals surface area contributed by atoms with Crippen molar-refractivity contribution < 1.29 is 14.7 Å². The predicted molar refractivity (Wildman–Crippen MR) is 79.3 cm³/mol. The van der Waals surface area contributed by atoms with E-state index in [0.717, 1.165) is 11.1 Å². The van der Waals surface area contributed by atoms with Gasteiger partial charge in [-0.15, -0.1) is 0 Å². The Hall–Kier alpha value is -2.10. The molecule has 0 saturated heterocycles. The van der Waals surface area contributed by atoms with Crippen molar-refractivity contribution in [2.24, 2.45) is 5.92 Å². The second-order valence-electron chi connectivity index (χ2n) is 4.81. The first kappa shape index (κ1) is 16.0. The van der Waals surface area contributed by atoms with E-state index in [1.54, 1.807) is 13.0 Å². The molecule has 1 unspecified atom stereocenters. The molecule has 0 aliphatic carbocycles. The zero-order chi connectivity index (χ0) is 15.1. The average Bonchev–Trinajstić information content (AvgIpc) is 2.43. The number of hydrogen-bond donors (Lipinski definition) is 1. The molecule has 1 rings (SSSR count). The number of hydrogen-bond acceptors (Lipinski definition) is 2. The summed E-state index contributed by atoms with van der Waals surface area (Å²) in [5.41, 5.74) is 2.08. The average molecular weight is 275 g/mol. The van der Waals surface area contributed by atoms with Gasteiger partial charge in [0.2, 0.25) is 5.91 Å². The second-order valence-corrected chi connectivity index (χ2v) is 4.81. The van der Waals surface area contributed by atoms with E-state index in [-0.39, 0.29) is 12.5 Å². The van der Waals surface area contributed by atoms with E-state index in [1.807, 2.05) is 38.1 Å². The number of carbonyl (C=O) groups excluding carboxylic acids is 1. The van der Waals surface area contributed by atoms with E-state index in [0.29, 0.717) is 6.54 Å². The van der Waals surface area contributed by atoms with Crippen LogP contribution in [0.1, 0.15) is 25.0 Å². The van der Waals surface area contributed by atoms with Gasteiger partial charge in [-0.25, -0.2) is 0 Å². The lowest BCUT2D eigenvalue weighted by Crippen LogP contribution is -2.35. The van der Waals surface area contributed by atoms with Gasteiger partial charge in [-0.3, -0.25) is 9.59 Å². The van der Waals surface area contributed by atoms with Crippen molar-refractivity contribution in [3.63, 3.8) is 0 Å². The van der Waals surface area contributed by atoms with Crippen LogP contribution in [0.5, 0.6) is 0 Å². The van der Waals surface area contributed by atoms with Crippen LogP contribution in [-0.2, 0) is 9.59 Å². The van der Waals surface area contributed by atoms with Crippen molar-refractivity contribution >= 4 is 18.0 Å². The first-order chi connectivity index (χ1) is 9.45. The van der Waals surface area contributed by atoms with Crippen molar-refractivity contribution in [2.45, 2.75) is 20.8 Å². The van der Waals surface area contributed by atoms with Crippen LogP contribution < -0.4 is 0 Å². The van der Waals surface area contributed by atoms with Gasteiger partial charge in [0, 0.05) is 19.2 Å². The monoisotopic (exact) mass is 275 g/mol. The number of benzene rings is 1. The Morgan fingerprint density at radius 1 is 1.35 bits per heavy atom. The van der Waals surface area contributed by atoms with Gasteiger partial charge in [0.05, 0.1) is 5.92 Å². The van der Waals surface area contributed by atoms with Gasteiger partial charge in [-0.1, -0.05) is 31.2 Å². The summed E-state index contributed by atoms with van der Waals surface area (Å²) in [6.07, 6.45) is 3.27. The molecule has 20 heavy (non-hydrogen) atoms. The Balaban J connectivity index is 2.73. The highest BCUT2D eigenvalue weighted by Gasteiger charge is 2.17. The molecule has 0 bridgehead atoms. The van der Waals surface area contributed by atoms with Crippen LogP contribution in [0.25, 0.3) is 6.08 Å². The van der Waals surface area contributed by atoms with Gasteiger partial charge in [-0.2, -0.15) is 0 Å². The lowest BCUT2D eigenvalue weighted by atomic mass is 10.1. The summed E-state index contributed by atoms with van der Waals surface area (Å²) in [6, 6.07) is 7.78. The summed E-state index contributed by atoms with van der Waals surface area (Å²) < 4.78 is 0. The number of rotatable bonds is 6. The Bertz CT molecular complexity index is 508. The lowest BCUT2D eigenvalue weighted by molar-refractivity contribution is -0.142.